The van der Waals surface area contributed by atoms with Gasteiger partial charge >= 0.3 is 5.97 Å². The molecule has 0 heterocycles. The molecule has 1 unspecified atom stereocenters. The molecule has 0 aliphatic carbocycles. The SMILES string of the molecule is CN([13CH3])C(CCC[13CH2]N[13C]([13CH3])=O)C(=O)[15NH]CCC(=O)O. The highest BCUT2D eigenvalue weighted by Crippen LogP contribution is 2.06. The minimum absolute atomic E-state index is 0.0550. The first-order chi connectivity index (χ1) is 9.34. The molecule has 0 aromatic carbocycles. The zero-order valence-electron chi connectivity index (χ0n) is 12.4. The molecule has 7 nitrogen and oxygen atoms in total. The number of amides is 2. The van der Waals surface area contributed by atoms with Crippen molar-refractivity contribution in [1.82, 2.24) is 15.5 Å². The van der Waals surface area contributed by atoms with E-state index in [2.05, 4.69) is 10.6 Å². The summed E-state index contributed by atoms with van der Waals surface area (Å²) in [4.78, 5) is 34.8. The van der Waals surface area contributed by atoms with Gasteiger partial charge in [-0.05, 0) is 33.4 Å². The van der Waals surface area contributed by atoms with Gasteiger partial charge in [0, 0.05) is 20.0 Å². The maximum Gasteiger partial charge on any atom is 0.305 e. The summed E-state index contributed by atoms with van der Waals surface area (Å²) in [7, 11) is 3.63. The molecule has 7 heteroatoms. The maximum absolute atomic E-state index is 11.9. The van der Waals surface area contributed by atoms with E-state index in [0.29, 0.717) is 13.0 Å². The van der Waals surface area contributed by atoms with Crippen LogP contribution in [0.25, 0.3) is 0 Å². The van der Waals surface area contributed by atoms with Gasteiger partial charge in [0.05, 0.1) is 12.5 Å². The molecule has 0 radical (unpaired) electrons. The van der Waals surface area contributed by atoms with E-state index in [4.69, 9.17) is 5.11 Å². The van der Waals surface area contributed by atoms with Crippen LogP contribution in [0, 0.1) is 0 Å². The molecular formula is C13H25N3O4. The van der Waals surface area contributed by atoms with Gasteiger partial charge in [-0.3, -0.25) is 19.3 Å². The van der Waals surface area contributed by atoms with E-state index in [-0.39, 0.29) is 30.8 Å². The summed E-state index contributed by atoms with van der Waals surface area (Å²) < 4.78 is 0. The number of carbonyl (C=O) groups is 3. The fourth-order valence-electron chi connectivity index (χ4n) is 1.76. The average molecular weight is 292 g/mol. The van der Waals surface area contributed by atoms with E-state index in [0.717, 1.165) is 12.8 Å². The van der Waals surface area contributed by atoms with Crippen LogP contribution >= 0.6 is 0 Å². The minimum Gasteiger partial charge on any atom is -0.481 e. The number of carboxylic acid groups (broad SMARTS) is 1. The Kier molecular flexibility index (Phi) is 9.36. The first-order valence-corrected chi connectivity index (χ1v) is 6.75. The third-order valence-corrected chi connectivity index (χ3v) is 2.84. The van der Waals surface area contributed by atoms with Gasteiger partial charge in [-0.2, -0.15) is 0 Å². The maximum atomic E-state index is 11.9. The predicted octanol–water partition coefficient (Wildman–Crippen LogP) is -0.186. The monoisotopic (exact) mass is 292 g/mol. The number of rotatable bonds is 10. The Morgan fingerprint density at radius 2 is 1.75 bits per heavy atom. The van der Waals surface area contributed by atoms with Crippen LogP contribution in [0.2, 0.25) is 0 Å². The molecule has 0 spiro atoms. The van der Waals surface area contributed by atoms with Gasteiger partial charge in [0.15, 0.2) is 0 Å². The number of likely N-dealkylation sites (N-methyl/N-ethyl adjacent to an activating group) is 1. The highest BCUT2D eigenvalue weighted by molar-refractivity contribution is 5.82. The number of carbonyl (C=O) groups excluding carboxylic acids is 2. The molecule has 0 aliphatic rings. The number of unbranched alkanes of at least 4 members (excludes halogenated alkanes) is 1. The molecule has 0 fully saturated rings. The highest BCUT2D eigenvalue weighted by Gasteiger charge is 2.19. The Morgan fingerprint density at radius 1 is 1.10 bits per heavy atom. The lowest BCUT2D eigenvalue weighted by Gasteiger charge is -2.23. The molecule has 1 atom stereocenters. The second kappa shape index (κ2) is 10.2. The third kappa shape index (κ3) is 9.32. The second-order valence-corrected chi connectivity index (χ2v) is 4.89. The Hall–Kier alpha value is -1.63. The van der Waals surface area contributed by atoms with Crippen LogP contribution in [0.15, 0.2) is 0 Å². The summed E-state index contributed by atoms with van der Waals surface area (Å²) in [5.74, 6) is -1.14. The average Bonchev–Trinajstić information content (AvgIpc) is 2.32. The van der Waals surface area contributed by atoms with Gasteiger partial charge in [0.2, 0.25) is 11.8 Å². The van der Waals surface area contributed by atoms with Gasteiger partial charge in [-0.25, -0.2) is 0 Å². The molecule has 0 aliphatic heterocycles. The number of hydrogen-bond donors (Lipinski definition) is 3. The van der Waals surface area contributed by atoms with Gasteiger partial charge < -0.3 is 15.7 Å². The largest absolute Gasteiger partial charge is 0.481 e. The Morgan fingerprint density at radius 3 is 2.25 bits per heavy atom. The van der Waals surface area contributed by atoms with E-state index in [1.165, 1.54) is 6.92 Å². The quantitative estimate of drug-likeness (QED) is 0.294. The van der Waals surface area contributed by atoms with Crippen LogP contribution in [0.1, 0.15) is 32.6 Å². The topological polar surface area (TPSA) is 98.7 Å². The van der Waals surface area contributed by atoms with Crippen LogP contribution in [-0.4, -0.2) is 61.0 Å². The van der Waals surface area contributed by atoms with Crippen molar-refractivity contribution in [1.29, 1.82) is 0 Å². The summed E-state index contributed by atoms with van der Waals surface area (Å²) in [5, 5.41) is 13.9. The molecule has 0 rings (SSSR count). The smallest absolute Gasteiger partial charge is 0.305 e. The van der Waals surface area contributed by atoms with E-state index >= 15 is 0 Å². The fraction of sp³-hybridized carbons (Fsp3) is 0.769. The minimum atomic E-state index is -0.929. The van der Waals surface area contributed by atoms with Crippen molar-refractivity contribution in [3.63, 3.8) is 0 Å². The van der Waals surface area contributed by atoms with Crippen LogP contribution < -0.4 is 10.6 Å². The summed E-state index contributed by atoms with van der Waals surface area (Å²) in [5.41, 5.74) is 0. The molecule has 0 aromatic heterocycles. The van der Waals surface area contributed by atoms with E-state index < -0.39 is 5.97 Å². The zero-order chi connectivity index (χ0) is 15.5. The number of hydrogen-bond acceptors (Lipinski definition) is 4. The molecule has 0 aromatic rings. The van der Waals surface area contributed by atoms with Crippen molar-refractivity contribution in [2.75, 3.05) is 27.2 Å². The Balaban J connectivity index is 3.99. The summed E-state index contributed by atoms with van der Waals surface area (Å²) in [6.45, 7) is 2.22. The molecule has 3 N–H and O–H groups in total. The molecule has 0 bridgehead atoms. The third-order valence-electron chi connectivity index (χ3n) is 2.84. The highest BCUT2D eigenvalue weighted by atomic mass is 16.4. The predicted molar refractivity (Wildman–Crippen MR) is 75.3 cm³/mol. The summed E-state index contributed by atoms with van der Waals surface area (Å²) in [6.07, 6.45) is 2.22. The molecule has 116 valence electrons. The van der Waals surface area contributed by atoms with Crippen molar-refractivity contribution < 1.29 is 19.5 Å². The van der Waals surface area contributed by atoms with Crippen LogP contribution in [0.4, 0.5) is 0 Å². The van der Waals surface area contributed by atoms with Crippen molar-refractivity contribution in [3.8, 4) is 0 Å². The van der Waals surface area contributed by atoms with Gasteiger partial charge in [0.1, 0.15) is 0 Å². The van der Waals surface area contributed by atoms with Crippen molar-refractivity contribution in [2.24, 2.45) is 0 Å². The van der Waals surface area contributed by atoms with Crippen LogP contribution in [0.3, 0.4) is 0 Å². The summed E-state index contributed by atoms with van der Waals surface area (Å²) >= 11 is 0. The van der Waals surface area contributed by atoms with Crippen LogP contribution in [-0.2, 0) is 14.4 Å². The van der Waals surface area contributed by atoms with Crippen molar-refractivity contribution in [2.45, 2.75) is 38.6 Å². The zero-order valence-corrected chi connectivity index (χ0v) is 12.4. The molecule has 0 saturated heterocycles. The van der Waals surface area contributed by atoms with Crippen molar-refractivity contribution >= 4 is 17.8 Å². The Bertz CT molecular complexity index is 332. The molecule has 2 amide bonds. The molecule has 20 heavy (non-hydrogen) atoms. The second-order valence-electron chi connectivity index (χ2n) is 4.89. The number of aliphatic carboxylic acids is 1. The lowest BCUT2D eigenvalue weighted by atomic mass is 10.1. The molecule has 0 saturated carbocycles. The normalized spacial score (nSPS) is 12.0. The fourth-order valence-corrected chi connectivity index (χ4v) is 1.76. The first-order valence-electron chi connectivity index (χ1n) is 6.75. The Labute approximate surface area is 119 Å². The number of nitrogens with one attached hydrogen (secondary N) is 2. The van der Waals surface area contributed by atoms with Gasteiger partial charge in [-0.15, -0.1) is 0 Å². The number of carboxylic acids is 1. The number of nitrogens with zero attached hydrogens (tertiary/aromatic N) is 1. The van der Waals surface area contributed by atoms with Gasteiger partial charge in [0.25, 0.3) is 0 Å². The van der Waals surface area contributed by atoms with Crippen LogP contribution in [0.5, 0.6) is 0 Å². The van der Waals surface area contributed by atoms with E-state index in [9.17, 15) is 14.4 Å². The summed E-state index contributed by atoms with van der Waals surface area (Å²) in [6, 6.07) is -0.277. The van der Waals surface area contributed by atoms with Crippen molar-refractivity contribution in [3.05, 3.63) is 0 Å². The first kappa shape index (κ1) is 18.4. The van der Waals surface area contributed by atoms with E-state index in [1.54, 1.807) is 0 Å². The lowest BCUT2D eigenvalue weighted by Crippen LogP contribution is -2.44. The standard InChI is InChI=1S/C13H25N3O4/c1-10(17)14-8-5-4-6-11(16(2)3)13(20)15-9-7-12(18)19/h11H,4-9H2,1-3H3,(H,14,17)(H,15,20)(H,18,19)/i1+1,2+1,8+1,10+1,15+1. The molecular weight excluding hydrogens is 267 g/mol. The lowest BCUT2D eigenvalue weighted by molar-refractivity contribution is -0.137. The van der Waals surface area contributed by atoms with Gasteiger partial charge in [-0.1, -0.05) is 0 Å². The van der Waals surface area contributed by atoms with E-state index in [1.807, 2.05) is 19.0 Å².